The van der Waals surface area contributed by atoms with Gasteiger partial charge in [-0.2, -0.15) is 0 Å². The number of carboxylic acids is 1. The van der Waals surface area contributed by atoms with Gasteiger partial charge in [-0.25, -0.2) is 9.78 Å². The van der Waals surface area contributed by atoms with E-state index in [1.807, 2.05) is 6.92 Å². The Bertz CT molecular complexity index is 678. The lowest BCUT2D eigenvalue weighted by atomic mass is 10.2. The van der Waals surface area contributed by atoms with E-state index in [0.717, 1.165) is 6.42 Å². The quantitative estimate of drug-likeness (QED) is 0.862. The number of para-hydroxylation sites is 1. The van der Waals surface area contributed by atoms with Crippen LogP contribution in [-0.4, -0.2) is 27.2 Å². The molecule has 1 N–H and O–H groups in total. The summed E-state index contributed by atoms with van der Waals surface area (Å²) in [7, 11) is 0. The predicted molar refractivity (Wildman–Crippen MR) is 73.6 cm³/mol. The number of rotatable bonds is 6. The van der Waals surface area contributed by atoms with Crippen molar-refractivity contribution in [1.29, 1.82) is 0 Å². The zero-order chi connectivity index (χ0) is 14.5. The van der Waals surface area contributed by atoms with Gasteiger partial charge in [-0.05, 0) is 18.6 Å². The SMILES string of the molecule is CCCn1c(COCC(=O)O)nc2ccccc2c1=O. The van der Waals surface area contributed by atoms with E-state index in [0.29, 0.717) is 23.3 Å². The number of hydrogen-bond donors (Lipinski definition) is 1. The fourth-order valence-electron chi connectivity index (χ4n) is 2.01. The first-order valence-electron chi connectivity index (χ1n) is 6.41. The van der Waals surface area contributed by atoms with Crippen LogP contribution in [-0.2, 0) is 22.7 Å². The van der Waals surface area contributed by atoms with Crippen LogP contribution >= 0.6 is 0 Å². The molecule has 6 heteroatoms. The highest BCUT2D eigenvalue weighted by Gasteiger charge is 2.10. The van der Waals surface area contributed by atoms with Gasteiger partial charge in [0.1, 0.15) is 19.0 Å². The molecule has 0 bridgehead atoms. The van der Waals surface area contributed by atoms with Gasteiger partial charge in [0, 0.05) is 6.54 Å². The Kier molecular flexibility index (Phi) is 4.47. The van der Waals surface area contributed by atoms with Crippen LogP contribution in [0, 0.1) is 0 Å². The Morgan fingerprint density at radius 2 is 2.15 bits per heavy atom. The highest BCUT2D eigenvalue weighted by atomic mass is 16.5. The van der Waals surface area contributed by atoms with Crippen molar-refractivity contribution in [2.24, 2.45) is 0 Å². The number of nitrogens with zero attached hydrogens (tertiary/aromatic N) is 2. The fourth-order valence-corrected chi connectivity index (χ4v) is 2.01. The van der Waals surface area contributed by atoms with Gasteiger partial charge in [0.15, 0.2) is 0 Å². The lowest BCUT2D eigenvalue weighted by molar-refractivity contribution is -0.142. The number of hydrogen-bond acceptors (Lipinski definition) is 4. The minimum Gasteiger partial charge on any atom is -0.480 e. The van der Waals surface area contributed by atoms with Gasteiger partial charge in [0.25, 0.3) is 5.56 Å². The topological polar surface area (TPSA) is 81.4 Å². The van der Waals surface area contributed by atoms with Crippen molar-refractivity contribution in [3.8, 4) is 0 Å². The maximum atomic E-state index is 12.4. The monoisotopic (exact) mass is 276 g/mol. The molecule has 0 atom stereocenters. The van der Waals surface area contributed by atoms with E-state index in [1.54, 1.807) is 28.8 Å². The second kappa shape index (κ2) is 6.29. The van der Waals surface area contributed by atoms with Crippen molar-refractivity contribution in [2.45, 2.75) is 26.5 Å². The number of benzene rings is 1. The zero-order valence-corrected chi connectivity index (χ0v) is 11.2. The highest BCUT2D eigenvalue weighted by molar-refractivity contribution is 5.77. The van der Waals surface area contributed by atoms with Crippen molar-refractivity contribution in [3.63, 3.8) is 0 Å². The molecule has 0 aliphatic rings. The molecule has 0 radical (unpaired) electrons. The molecular weight excluding hydrogens is 260 g/mol. The first-order chi connectivity index (χ1) is 9.63. The van der Waals surface area contributed by atoms with Crippen molar-refractivity contribution in [1.82, 2.24) is 9.55 Å². The summed E-state index contributed by atoms with van der Waals surface area (Å²) in [6.07, 6.45) is 0.784. The number of aliphatic carboxylic acids is 1. The van der Waals surface area contributed by atoms with Gasteiger partial charge in [-0.15, -0.1) is 0 Å². The van der Waals surface area contributed by atoms with Crippen LogP contribution in [0.25, 0.3) is 10.9 Å². The predicted octanol–water partition coefficient (Wildman–Crippen LogP) is 1.41. The van der Waals surface area contributed by atoms with Crippen molar-refractivity contribution >= 4 is 16.9 Å². The molecule has 20 heavy (non-hydrogen) atoms. The summed E-state index contributed by atoms with van der Waals surface area (Å²) in [5.41, 5.74) is 0.477. The first kappa shape index (κ1) is 14.2. The van der Waals surface area contributed by atoms with E-state index in [4.69, 9.17) is 9.84 Å². The Morgan fingerprint density at radius 3 is 2.85 bits per heavy atom. The zero-order valence-electron chi connectivity index (χ0n) is 11.2. The van der Waals surface area contributed by atoms with Crippen LogP contribution in [0.2, 0.25) is 0 Å². The number of carboxylic acid groups (broad SMARTS) is 1. The molecule has 0 aliphatic heterocycles. The normalized spacial score (nSPS) is 10.8. The summed E-state index contributed by atoms with van der Waals surface area (Å²) >= 11 is 0. The van der Waals surface area contributed by atoms with E-state index < -0.39 is 12.6 Å². The summed E-state index contributed by atoms with van der Waals surface area (Å²) < 4.78 is 6.60. The van der Waals surface area contributed by atoms with Gasteiger partial charge < -0.3 is 9.84 Å². The van der Waals surface area contributed by atoms with Crippen molar-refractivity contribution in [2.75, 3.05) is 6.61 Å². The number of fused-ring (bicyclic) bond motifs is 1. The van der Waals surface area contributed by atoms with Gasteiger partial charge in [0.05, 0.1) is 10.9 Å². The molecule has 0 unspecified atom stereocenters. The summed E-state index contributed by atoms with van der Waals surface area (Å²) in [6, 6.07) is 7.09. The van der Waals surface area contributed by atoms with Crippen LogP contribution in [0.15, 0.2) is 29.1 Å². The van der Waals surface area contributed by atoms with Crippen LogP contribution in [0.5, 0.6) is 0 Å². The van der Waals surface area contributed by atoms with E-state index in [9.17, 15) is 9.59 Å². The molecule has 1 heterocycles. The van der Waals surface area contributed by atoms with Crippen LogP contribution in [0.3, 0.4) is 0 Å². The second-order valence-electron chi connectivity index (χ2n) is 4.39. The maximum absolute atomic E-state index is 12.4. The number of carbonyl (C=O) groups is 1. The lowest BCUT2D eigenvalue weighted by Gasteiger charge is -2.12. The summed E-state index contributed by atoms with van der Waals surface area (Å²) in [4.78, 5) is 27.2. The van der Waals surface area contributed by atoms with Crippen LogP contribution < -0.4 is 5.56 Å². The Labute approximate surface area is 115 Å². The van der Waals surface area contributed by atoms with Crippen molar-refractivity contribution in [3.05, 3.63) is 40.4 Å². The highest BCUT2D eigenvalue weighted by Crippen LogP contribution is 2.09. The van der Waals surface area contributed by atoms with Gasteiger partial charge in [-0.1, -0.05) is 19.1 Å². The fraction of sp³-hybridized carbons (Fsp3) is 0.357. The summed E-state index contributed by atoms with van der Waals surface area (Å²) in [5, 5.41) is 9.13. The Balaban J connectivity index is 2.42. The molecule has 0 fully saturated rings. The molecule has 1 aromatic carbocycles. The van der Waals surface area contributed by atoms with Gasteiger partial charge in [-0.3, -0.25) is 9.36 Å². The molecule has 1 aromatic heterocycles. The second-order valence-corrected chi connectivity index (χ2v) is 4.39. The summed E-state index contributed by atoms with van der Waals surface area (Å²) in [6.45, 7) is 2.09. The van der Waals surface area contributed by atoms with E-state index in [2.05, 4.69) is 4.98 Å². The first-order valence-corrected chi connectivity index (χ1v) is 6.41. The molecule has 6 nitrogen and oxygen atoms in total. The van der Waals surface area contributed by atoms with E-state index in [1.165, 1.54) is 0 Å². The molecule has 0 spiro atoms. The third kappa shape index (κ3) is 3.03. The molecule has 0 amide bonds. The number of aromatic nitrogens is 2. The minimum atomic E-state index is -1.05. The standard InChI is InChI=1S/C14H16N2O4/c1-2-7-16-12(8-20-9-13(17)18)15-11-6-4-3-5-10(11)14(16)19/h3-6H,2,7-9H2,1H3,(H,17,18). The average Bonchev–Trinajstić information content (AvgIpc) is 2.42. The van der Waals surface area contributed by atoms with Crippen LogP contribution in [0.4, 0.5) is 0 Å². The van der Waals surface area contributed by atoms with Gasteiger partial charge >= 0.3 is 5.97 Å². The van der Waals surface area contributed by atoms with Gasteiger partial charge in [0.2, 0.25) is 0 Å². The minimum absolute atomic E-state index is 0.00632. The average molecular weight is 276 g/mol. The van der Waals surface area contributed by atoms with Crippen LogP contribution in [0.1, 0.15) is 19.2 Å². The van der Waals surface area contributed by atoms with E-state index >= 15 is 0 Å². The smallest absolute Gasteiger partial charge is 0.329 e. The largest absolute Gasteiger partial charge is 0.480 e. The summed E-state index contributed by atoms with van der Waals surface area (Å²) in [5.74, 6) is -0.591. The Morgan fingerprint density at radius 1 is 1.40 bits per heavy atom. The maximum Gasteiger partial charge on any atom is 0.329 e. The Hall–Kier alpha value is -2.21. The molecular formula is C14H16N2O4. The molecule has 2 rings (SSSR count). The molecule has 106 valence electrons. The molecule has 2 aromatic rings. The third-order valence-corrected chi connectivity index (χ3v) is 2.84. The molecule has 0 saturated heterocycles. The molecule has 0 saturated carbocycles. The van der Waals surface area contributed by atoms with Crippen molar-refractivity contribution < 1.29 is 14.6 Å². The number of ether oxygens (including phenoxy) is 1. The lowest BCUT2D eigenvalue weighted by Crippen LogP contribution is -2.26. The third-order valence-electron chi connectivity index (χ3n) is 2.84. The molecule has 0 aliphatic carbocycles. The van der Waals surface area contributed by atoms with E-state index in [-0.39, 0.29) is 12.2 Å².